The van der Waals surface area contributed by atoms with E-state index in [0.717, 1.165) is 25.7 Å². The summed E-state index contributed by atoms with van der Waals surface area (Å²) in [6.07, 6.45) is 3.55. The maximum absolute atomic E-state index is 14.0. The largest absolute Gasteiger partial charge is 0.507 e. The van der Waals surface area contributed by atoms with E-state index < -0.39 is 42.2 Å². The molecule has 2 unspecified atom stereocenters. The molecule has 0 saturated heterocycles. The first-order chi connectivity index (χ1) is 19.4. The number of methoxy groups -OCH3 is 1. The van der Waals surface area contributed by atoms with E-state index in [0.29, 0.717) is 23.4 Å². The predicted octanol–water partition coefficient (Wildman–Crippen LogP) is 5.07. The molecule has 0 fully saturated rings. The van der Waals surface area contributed by atoms with Crippen LogP contribution in [0.25, 0.3) is 0 Å². The van der Waals surface area contributed by atoms with Crippen LogP contribution in [0.15, 0.2) is 42.5 Å². The van der Waals surface area contributed by atoms with Gasteiger partial charge >= 0.3 is 6.09 Å². The topological polar surface area (TPSA) is 137 Å². The van der Waals surface area contributed by atoms with Crippen molar-refractivity contribution in [2.75, 3.05) is 25.6 Å². The number of hydrogen-bond acceptors (Lipinski definition) is 7. The molecule has 0 spiro atoms. The van der Waals surface area contributed by atoms with Crippen molar-refractivity contribution in [3.05, 3.63) is 53.6 Å². The molecule has 2 atom stereocenters. The average Bonchev–Trinajstić information content (AvgIpc) is 2.92. The summed E-state index contributed by atoms with van der Waals surface area (Å²) in [4.78, 5) is 41.7. The number of aliphatic hydroxyl groups excluding tert-OH is 1. The third-order valence-corrected chi connectivity index (χ3v) is 6.44. The fraction of sp³-hybridized carbons (Fsp3) is 0.516. The fourth-order valence-electron chi connectivity index (χ4n) is 4.33. The first-order valence-electron chi connectivity index (χ1n) is 14.1. The van der Waals surface area contributed by atoms with Crippen molar-refractivity contribution in [2.24, 2.45) is 0 Å². The number of nitrogens with zero attached hydrogens (tertiary/aromatic N) is 1. The minimum atomic E-state index is -1.37. The molecule has 0 aliphatic rings. The Bertz CT molecular complexity index is 1150. The van der Waals surface area contributed by atoms with Crippen molar-refractivity contribution in [1.82, 2.24) is 10.2 Å². The van der Waals surface area contributed by atoms with Gasteiger partial charge in [0.05, 0.1) is 13.7 Å². The molecular weight excluding hydrogens is 526 g/mol. The van der Waals surface area contributed by atoms with Crippen molar-refractivity contribution < 1.29 is 34.1 Å². The summed E-state index contributed by atoms with van der Waals surface area (Å²) < 4.78 is 10.5. The standard InChI is InChI=1S/C31H45N3O7/c1-7-8-9-10-11-19-34(29(38)25(20-35)33-30(39)41-31(3,4)5)26(24-14-12-13-21(2)27(24)36)28(37)32-22-15-17-23(40-6)18-16-22/h12-18,25-26,35-36H,7-11,19-20H2,1-6H3,(H,32,37)(H,33,39). The lowest BCUT2D eigenvalue weighted by molar-refractivity contribution is -0.141. The predicted molar refractivity (Wildman–Crippen MR) is 158 cm³/mol. The van der Waals surface area contributed by atoms with Gasteiger partial charge in [-0.2, -0.15) is 0 Å². The minimum absolute atomic E-state index is 0.119. The number of hydrogen-bond donors (Lipinski definition) is 4. The molecule has 4 N–H and O–H groups in total. The zero-order valence-electron chi connectivity index (χ0n) is 25.0. The molecule has 226 valence electrons. The van der Waals surface area contributed by atoms with Crippen LogP contribution in [0.5, 0.6) is 11.5 Å². The molecule has 10 heteroatoms. The number of phenolic OH excluding ortho intramolecular Hbond substituents is 1. The van der Waals surface area contributed by atoms with Crippen molar-refractivity contribution in [3.8, 4) is 11.5 Å². The highest BCUT2D eigenvalue weighted by molar-refractivity contribution is 5.99. The van der Waals surface area contributed by atoms with Crippen LogP contribution < -0.4 is 15.4 Å². The maximum atomic E-state index is 14.0. The van der Waals surface area contributed by atoms with E-state index in [1.54, 1.807) is 70.2 Å². The number of ether oxygens (including phenoxy) is 2. The Kier molecular flexibility index (Phi) is 12.9. The number of alkyl carbamates (subject to hydrolysis) is 1. The number of unbranched alkanes of at least 4 members (excludes halogenated alkanes) is 4. The highest BCUT2D eigenvalue weighted by atomic mass is 16.6. The molecule has 0 saturated carbocycles. The molecule has 0 radical (unpaired) electrons. The van der Waals surface area contributed by atoms with E-state index in [1.165, 1.54) is 12.0 Å². The maximum Gasteiger partial charge on any atom is 0.408 e. The van der Waals surface area contributed by atoms with Crippen molar-refractivity contribution in [3.63, 3.8) is 0 Å². The number of anilines is 1. The van der Waals surface area contributed by atoms with Crippen LogP contribution in [0.4, 0.5) is 10.5 Å². The second-order valence-corrected chi connectivity index (χ2v) is 11.0. The number of aliphatic hydroxyl groups is 1. The smallest absolute Gasteiger partial charge is 0.408 e. The van der Waals surface area contributed by atoms with E-state index in [2.05, 4.69) is 17.6 Å². The van der Waals surface area contributed by atoms with Gasteiger partial charge in [0.25, 0.3) is 5.91 Å². The molecule has 0 aromatic heterocycles. The normalized spacial score (nSPS) is 12.7. The highest BCUT2D eigenvalue weighted by Gasteiger charge is 2.37. The quantitative estimate of drug-likeness (QED) is 0.232. The van der Waals surface area contributed by atoms with Crippen molar-refractivity contribution >= 4 is 23.6 Å². The van der Waals surface area contributed by atoms with E-state index >= 15 is 0 Å². The SMILES string of the molecule is CCCCCCCN(C(=O)C(CO)NC(=O)OC(C)(C)C)C(C(=O)Nc1ccc(OC)cc1)c1cccc(C)c1O. The molecule has 0 aliphatic heterocycles. The Morgan fingerprint density at radius 1 is 1.00 bits per heavy atom. The van der Waals surface area contributed by atoms with Crippen LogP contribution in [0, 0.1) is 6.92 Å². The molecule has 2 rings (SSSR count). The third-order valence-electron chi connectivity index (χ3n) is 6.44. The van der Waals surface area contributed by atoms with Crippen LogP contribution >= 0.6 is 0 Å². The third kappa shape index (κ3) is 10.3. The molecule has 41 heavy (non-hydrogen) atoms. The summed E-state index contributed by atoms with van der Waals surface area (Å²) in [5.74, 6) is -0.748. The van der Waals surface area contributed by atoms with Crippen LogP contribution in [-0.2, 0) is 14.3 Å². The van der Waals surface area contributed by atoms with Gasteiger partial charge in [0.2, 0.25) is 5.91 Å². The molecule has 0 aliphatic carbocycles. The number of phenols is 1. The molecular formula is C31H45N3O7. The monoisotopic (exact) mass is 571 g/mol. The van der Waals surface area contributed by atoms with Gasteiger partial charge in [-0.15, -0.1) is 0 Å². The fourth-order valence-corrected chi connectivity index (χ4v) is 4.33. The lowest BCUT2D eigenvalue weighted by atomic mass is 9.98. The highest BCUT2D eigenvalue weighted by Crippen LogP contribution is 2.33. The lowest BCUT2D eigenvalue weighted by Gasteiger charge is -2.34. The summed E-state index contributed by atoms with van der Waals surface area (Å²) in [6.45, 7) is 8.31. The number of carbonyl (C=O) groups is 3. The number of carbonyl (C=O) groups excluding carboxylic acids is 3. The number of nitrogens with one attached hydrogen (secondary N) is 2. The van der Waals surface area contributed by atoms with Crippen molar-refractivity contribution in [1.29, 1.82) is 0 Å². The van der Waals surface area contributed by atoms with E-state index in [1.807, 2.05) is 0 Å². The van der Waals surface area contributed by atoms with Crippen LogP contribution in [-0.4, -0.2) is 64.9 Å². The van der Waals surface area contributed by atoms with Gasteiger partial charge in [-0.1, -0.05) is 50.8 Å². The Morgan fingerprint density at radius 3 is 2.24 bits per heavy atom. The second kappa shape index (κ2) is 15.9. The molecule has 0 heterocycles. The Hall–Kier alpha value is -3.79. The number of para-hydroxylation sites is 1. The zero-order chi connectivity index (χ0) is 30.6. The Labute approximate surface area is 243 Å². The number of amides is 3. The zero-order valence-corrected chi connectivity index (χ0v) is 25.0. The summed E-state index contributed by atoms with van der Waals surface area (Å²) in [5, 5.41) is 26.4. The second-order valence-electron chi connectivity index (χ2n) is 11.0. The van der Waals surface area contributed by atoms with Gasteiger partial charge in [-0.05, 0) is 63.9 Å². The van der Waals surface area contributed by atoms with Gasteiger partial charge in [-0.25, -0.2) is 4.79 Å². The van der Waals surface area contributed by atoms with Crippen LogP contribution in [0.2, 0.25) is 0 Å². The van der Waals surface area contributed by atoms with Gasteiger partial charge in [0, 0.05) is 17.8 Å². The van der Waals surface area contributed by atoms with Gasteiger partial charge in [0.15, 0.2) is 0 Å². The van der Waals surface area contributed by atoms with Crippen LogP contribution in [0.1, 0.15) is 77.0 Å². The first kappa shape index (κ1) is 33.4. The molecule has 3 amide bonds. The number of aromatic hydroxyl groups is 1. The van der Waals surface area contributed by atoms with Crippen molar-refractivity contribution in [2.45, 2.75) is 84.4 Å². The number of benzene rings is 2. The van der Waals surface area contributed by atoms with Crippen LogP contribution in [0.3, 0.4) is 0 Å². The first-order valence-corrected chi connectivity index (χ1v) is 14.1. The van der Waals surface area contributed by atoms with E-state index in [9.17, 15) is 24.6 Å². The number of rotatable bonds is 14. The van der Waals surface area contributed by atoms with E-state index in [-0.39, 0.29) is 17.9 Å². The molecule has 2 aromatic rings. The summed E-state index contributed by atoms with van der Waals surface area (Å²) in [7, 11) is 1.54. The Balaban J connectivity index is 2.51. The number of aryl methyl sites for hydroxylation is 1. The molecule has 2 aromatic carbocycles. The summed E-state index contributed by atoms with van der Waals surface area (Å²) in [6, 6.07) is 9.08. The van der Waals surface area contributed by atoms with Gasteiger partial charge in [-0.3, -0.25) is 9.59 Å². The van der Waals surface area contributed by atoms with Gasteiger partial charge in [0.1, 0.15) is 29.2 Å². The lowest BCUT2D eigenvalue weighted by Crippen LogP contribution is -2.54. The molecule has 0 bridgehead atoms. The molecule has 10 nitrogen and oxygen atoms in total. The van der Waals surface area contributed by atoms with Gasteiger partial charge < -0.3 is 35.2 Å². The summed E-state index contributed by atoms with van der Waals surface area (Å²) in [5.41, 5.74) is 0.409. The Morgan fingerprint density at radius 2 is 1.66 bits per heavy atom. The van der Waals surface area contributed by atoms with E-state index in [4.69, 9.17) is 9.47 Å². The minimum Gasteiger partial charge on any atom is -0.507 e. The summed E-state index contributed by atoms with van der Waals surface area (Å²) >= 11 is 0. The average molecular weight is 572 g/mol.